The third-order valence-electron chi connectivity index (χ3n) is 1.75. The Kier molecular flexibility index (Phi) is 5.15. The molecular weight excluding hydrogens is 192 g/mol. The smallest absolute Gasteiger partial charge is 0.138 e. The molecule has 0 radical (unpaired) electrons. The first-order valence-electron chi connectivity index (χ1n) is 4.78. The van der Waals surface area contributed by atoms with E-state index in [0.717, 1.165) is 17.2 Å². The quantitative estimate of drug-likeness (QED) is 0.356. The van der Waals surface area contributed by atoms with Crippen LogP contribution in [0.15, 0.2) is 35.3 Å². The Morgan fingerprint density at radius 1 is 1.36 bits per heavy atom. The van der Waals surface area contributed by atoms with Gasteiger partial charge in [-0.25, -0.2) is 0 Å². The minimum absolute atomic E-state index is 0.948. The summed E-state index contributed by atoms with van der Waals surface area (Å²) in [5, 5.41) is 0. The maximum absolute atomic E-state index is 4.21. The summed E-state index contributed by atoms with van der Waals surface area (Å²) in [6, 6.07) is 10.2. The standard InChI is InChI=1S/C11H16N2S/c1-3-9-14-13-11(12-2)10-7-5-4-6-8-10/h4-8H,3,9H2,1-2H3,(H,12,13). The van der Waals surface area contributed by atoms with E-state index in [1.54, 1.807) is 11.9 Å². The van der Waals surface area contributed by atoms with Crippen molar-refractivity contribution in [3.05, 3.63) is 35.9 Å². The van der Waals surface area contributed by atoms with Crippen LogP contribution in [0.2, 0.25) is 0 Å². The monoisotopic (exact) mass is 208 g/mol. The van der Waals surface area contributed by atoms with Crippen LogP contribution in [0.3, 0.4) is 0 Å². The molecule has 0 unspecified atom stereocenters. The molecule has 1 rings (SSSR count). The van der Waals surface area contributed by atoms with Gasteiger partial charge in [0.2, 0.25) is 0 Å². The lowest BCUT2D eigenvalue weighted by Gasteiger charge is -2.07. The highest BCUT2D eigenvalue weighted by Gasteiger charge is 1.99. The molecule has 0 saturated carbocycles. The molecule has 0 heterocycles. The number of nitrogens with zero attached hydrogens (tertiary/aromatic N) is 1. The molecule has 0 amide bonds. The van der Waals surface area contributed by atoms with E-state index >= 15 is 0 Å². The minimum atomic E-state index is 0.948. The van der Waals surface area contributed by atoms with Gasteiger partial charge in [-0.3, -0.25) is 4.99 Å². The highest BCUT2D eigenvalue weighted by Crippen LogP contribution is 2.03. The molecule has 0 aliphatic carbocycles. The molecule has 0 aromatic heterocycles. The predicted molar refractivity (Wildman–Crippen MR) is 64.8 cm³/mol. The average molecular weight is 208 g/mol. The zero-order valence-corrected chi connectivity index (χ0v) is 9.47. The van der Waals surface area contributed by atoms with Gasteiger partial charge < -0.3 is 4.72 Å². The molecular formula is C11H16N2S. The van der Waals surface area contributed by atoms with E-state index in [1.807, 2.05) is 25.2 Å². The maximum atomic E-state index is 4.21. The van der Waals surface area contributed by atoms with Gasteiger partial charge in [-0.15, -0.1) is 0 Å². The zero-order chi connectivity index (χ0) is 10.2. The van der Waals surface area contributed by atoms with E-state index in [9.17, 15) is 0 Å². The van der Waals surface area contributed by atoms with Crippen molar-refractivity contribution >= 4 is 17.8 Å². The van der Waals surface area contributed by atoms with Crippen LogP contribution in [0.4, 0.5) is 0 Å². The largest absolute Gasteiger partial charge is 0.314 e. The molecule has 14 heavy (non-hydrogen) atoms. The molecule has 0 aliphatic heterocycles. The molecule has 3 heteroatoms. The van der Waals surface area contributed by atoms with Gasteiger partial charge >= 0.3 is 0 Å². The van der Waals surface area contributed by atoms with Gasteiger partial charge in [-0.05, 0) is 6.42 Å². The minimum Gasteiger partial charge on any atom is -0.314 e. The number of amidine groups is 1. The first-order chi connectivity index (χ1) is 6.88. The van der Waals surface area contributed by atoms with E-state index in [1.165, 1.54) is 6.42 Å². The Bertz CT molecular complexity index is 283. The summed E-state index contributed by atoms with van der Waals surface area (Å²) in [4.78, 5) is 4.21. The second-order valence-corrected chi connectivity index (χ2v) is 3.79. The van der Waals surface area contributed by atoms with Gasteiger partial charge in [-0.1, -0.05) is 49.2 Å². The lowest BCUT2D eigenvalue weighted by molar-refractivity contribution is 1.10. The van der Waals surface area contributed by atoms with Crippen molar-refractivity contribution < 1.29 is 0 Å². The van der Waals surface area contributed by atoms with Crippen LogP contribution in [0, 0.1) is 0 Å². The molecule has 0 atom stereocenters. The molecule has 1 aromatic rings. The topological polar surface area (TPSA) is 24.4 Å². The van der Waals surface area contributed by atoms with Crippen LogP contribution >= 0.6 is 11.9 Å². The van der Waals surface area contributed by atoms with Crippen molar-refractivity contribution in [1.82, 2.24) is 4.72 Å². The fourth-order valence-electron chi connectivity index (χ4n) is 1.05. The molecule has 0 fully saturated rings. The van der Waals surface area contributed by atoms with Crippen LogP contribution < -0.4 is 4.72 Å². The van der Waals surface area contributed by atoms with Gasteiger partial charge in [0.1, 0.15) is 5.84 Å². The Labute approximate surface area is 90.0 Å². The number of rotatable bonds is 4. The van der Waals surface area contributed by atoms with E-state index in [4.69, 9.17) is 0 Å². The van der Waals surface area contributed by atoms with Gasteiger partial charge in [0.25, 0.3) is 0 Å². The number of benzene rings is 1. The summed E-state index contributed by atoms with van der Waals surface area (Å²) in [6.07, 6.45) is 1.17. The maximum Gasteiger partial charge on any atom is 0.138 e. The highest BCUT2D eigenvalue weighted by atomic mass is 32.2. The van der Waals surface area contributed by atoms with Crippen LogP contribution in [0.5, 0.6) is 0 Å². The average Bonchev–Trinajstić information content (AvgIpc) is 2.26. The number of nitrogens with one attached hydrogen (secondary N) is 1. The summed E-state index contributed by atoms with van der Waals surface area (Å²) in [5.41, 5.74) is 1.14. The van der Waals surface area contributed by atoms with E-state index in [0.29, 0.717) is 0 Å². The van der Waals surface area contributed by atoms with E-state index < -0.39 is 0 Å². The van der Waals surface area contributed by atoms with Crippen molar-refractivity contribution in [2.75, 3.05) is 12.8 Å². The van der Waals surface area contributed by atoms with Gasteiger partial charge in [0, 0.05) is 18.4 Å². The van der Waals surface area contributed by atoms with Gasteiger partial charge in [-0.2, -0.15) is 0 Å². The second kappa shape index (κ2) is 6.49. The van der Waals surface area contributed by atoms with E-state index in [-0.39, 0.29) is 0 Å². The van der Waals surface area contributed by atoms with Crippen LogP contribution in [-0.2, 0) is 0 Å². The molecule has 0 aliphatic rings. The Balaban J connectivity index is 2.56. The predicted octanol–water partition coefficient (Wildman–Crippen LogP) is 2.71. The zero-order valence-electron chi connectivity index (χ0n) is 8.66. The lowest BCUT2D eigenvalue weighted by atomic mass is 10.2. The third kappa shape index (κ3) is 3.42. The summed E-state index contributed by atoms with van der Waals surface area (Å²) in [6.45, 7) is 2.17. The van der Waals surface area contributed by atoms with Gasteiger partial charge in [0.15, 0.2) is 0 Å². The highest BCUT2D eigenvalue weighted by molar-refractivity contribution is 7.97. The van der Waals surface area contributed by atoms with Crippen molar-refractivity contribution in [3.8, 4) is 0 Å². The molecule has 1 aromatic carbocycles. The fraction of sp³-hybridized carbons (Fsp3) is 0.364. The molecule has 0 saturated heterocycles. The molecule has 76 valence electrons. The first kappa shape index (κ1) is 11.1. The fourth-order valence-corrected chi connectivity index (χ4v) is 1.70. The normalized spacial score (nSPS) is 11.4. The lowest BCUT2D eigenvalue weighted by Crippen LogP contribution is -2.17. The molecule has 2 nitrogen and oxygen atoms in total. The number of hydrogen-bond donors (Lipinski definition) is 1. The second-order valence-electron chi connectivity index (χ2n) is 2.89. The number of aliphatic imine (C=N–C) groups is 1. The summed E-state index contributed by atoms with van der Waals surface area (Å²) in [5.74, 6) is 2.05. The van der Waals surface area contributed by atoms with Crippen molar-refractivity contribution in [3.63, 3.8) is 0 Å². The van der Waals surface area contributed by atoms with Gasteiger partial charge in [0.05, 0.1) is 0 Å². The van der Waals surface area contributed by atoms with Crippen molar-refractivity contribution in [2.45, 2.75) is 13.3 Å². The Morgan fingerprint density at radius 3 is 2.64 bits per heavy atom. The third-order valence-corrected chi connectivity index (χ3v) is 2.70. The van der Waals surface area contributed by atoms with Crippen molar-refractivity contribution in [1.29, 1.82) is 0 Å². The number of hydrogen-bond acceptors (Lipinski definition) is 2. The van der Waals surface area contributed by atoms with Crippen molar-refractivity contribution in [2.24, 2.45) is 4.99 Å². The summed E-state index contributed by atoms with van der Waals surface area (Å²) >= 11 is 1.70. The summed E-state index contributed by atoms with van der Waals surface area (Å²) in [7, 11) is 1.81. The van der Waals surface area contributed by atoms with Crippen LogP contribution in [0.1, 0.15) is 18.9 Å². The summed E-state index contributed by atoms with van der Waals surface area (Å²) < 4.78 is 3.25. The molecule has 1 N–H and O–H groups in total. The van der Waals surface area contributed by atoms with E-state index in [2.05, 4.69) is 28.8 Å². The van der Waals surface area contributed by atoms with Crippen LogP contribution in [-0.4, -0.2) is 18.6 Å². The first-order valence-corrected chi connectivity index (χ1v) is 5.77. The Hall–Kier alpha value is -0.960. The molecule has 0 bridgehead atoms. The molecule has 0 spiro atoms. The Morgan fingerprint density at radius 2 is 2.07 bits per heavy atom. The van der Waals surface area contributed by atoms with Crippen LogP contribution in [0.25, 0.3) is 0 Å². The SMILES string of the molecule is CCCSNC(=NC)c1ccccc1.